The molecule has 0 aliphatic carbocycles. The predicted octanol–water partition coefficient (Wildman–Crippen LogP) is 9.05. The van der Waals surface area contributed by atoms with Gasteiger partial charge in [-0.3, -0.25) is 19.1 Å². The third-order valence-electron chi connectivity index (χ3n) is 10.3. The fraction of sp³-hybridized carbons (Fsp3) is 0.0909. The lowest BCUT2D eigenvalue weighted by Crippen LogP contribution is -2.04. The topological polar surface area (TPSA) is 166 Å². The van der Waals surface area contributed by atoms with Crippen molar-refractivity contribution in [1.29, 1.82) is 0 Å². The number of fused-ring (bicyclic) bond motifs is 8. The van der Waals surface area contributed by atoms with E-state index >= 15 is 0 Å². The number of H-pyrrole nitrogens is 2. The first-order valence-electron chi connectivity index (χ1n) is 18.1. The number of rotatable bonds is 6. The monoisotopic (exact) mass is 778 g/mol. The summed E-state index contributed by atoms with van der Waals surface area (Å²) in [5.41, 5.74) is 8.58. The number of aromatic amines is 2. The molecule has 278 valence electrons. The van der Waals surface area contributed by atoms with E-state index in [1.54, 1.807) is 12.1 Å². The predicted molar refractivity (Wildman–Crippen MR) is 217 cm³/mol. The molecule has 0 spiro atoms. The van der Waals surface area contributed by atoms with Gasteiger partial charge in [0.25, 0.3) is 20.2 Å². The highest BCUT2D eigenvalue weighted by Crippen LogP contribution is 2.46. The molecule has 0 atom stereocenters. The zero-order chi connectivity index (χ0) is 38.6. The van der Waals surface area contributed by atoms with Crippen LogP contribution in [-0.2, 0) is 45.9 Å². The van der Waals surface area contributed by atoms with Crippen LogP contribution in [-0.4, -0.2) is 45.9 Å². The summed E-state index contributed by atoms with van der Waals surface area (Å²) in [4.78, 5) is 15.7. The molecule has 10 nitrogen and oxygen atoms in total. The first kappa shape index (κ1) is 35.5. The maximum Gasteiger partial charge on any atom is 0.298 e. The zero-order valence-electron chi connectivity index (χ0n) is 29.8. The van der Waals surface area contributed by atoms with Gasteiger partial charge < -0.3 is 9.97 Å². The largest absolute Gasteiger partial charge is 0.354 e. The highest BCUT2D eigenvalue weighted by Gasteiger charge is 2.31. The Morgan fingerprint density at radius 1 is 0.393 bits per heavy atom. The van der Waals surface area contributed by atoms with Crippen molar-refractivity contribution in [3.63, 3.8) is 0 Å². The maximum absolute atomic E-state index is 13.8. The molecular weight excluding hydrogens is 745 g/mol. The second-order valence-corrected chi connectivity index (χ2v) is 16.5. The molecule has 4 aromatic carbocycles. The summed E-state index contributed by atoms with van der Waals surface area (Å²) in [7, 11) is -9.94. The van der Waals surface area contributed by atoms with E-state index in [-0.39, 0.29) is 35.3 Å². The van der Waals surface area contributed by atoms with Gasteiger partial charge in [-0.15, -0.1) is 0 Å². The highest BCUT2D eigenvalue weighted by atomic mass is 32.2. The number of hydrogen-bond acceptors (Lipinski definition) is 6. The van der Waals surface area contributed by atoms with Crippen molar-refractivity contribution in [2.45, 2.75) is 35.5 Å². The first-order chi connectivity index (χ1) is 27.1. The van der Waals surface area contributed by atoms with Gasteiger partial charge in [-0.05, 0) is 60.1 Å². The summed E-state index contributed by atoms with van der Waals surface area (Å²) < 4.78 is 75.7. The number of nitrogens with one attached hydrogen (secondary N) is 2. The molecule has 0 radical (unpaired) electrons. The van der Waals surface area contributed by atoms with Crippen molar-refractivity contribution in [2.24, 2.45) is 0 Å². The summed E-state index contributed by atoms with van der Waals surface area (Å²) in [6, 6.07) is 41.7. The zero-order valence-corrected chi connectivity index (χ0v) is 31.4. The van der Waals surface area contributed by atoms with Gasteiger partial charge in [-0.25, -0.2) is 0 Å². The van der Waals surface area contributed by atoms with Crippen molar-refractivity contribution in [3.05, 3.63) is 156 Å². The minimum Gasteiger partial charge on any atom is -0.354 e. The van der Waals surface area contributed by atoms with Crippen LogP contribution >= 0.6 is 0 Å². The van der Waals surface area contributed by atoms with Crippen molar-refractivity contribution in [1.82, 2.24) is 19.9 Å². The maximum atomic E-state index is 13.8. The number of aromatic nitrogens is 4. The quantitative estimate of drug-likeness (QED) is 0.121. The molecule has 0 fully saturated rings. The summed E-state index contributed by atoms with van der Waals surface area (Å²) in [5.74, 6) is 0. The first-order valence-corrected chi connectivity index (χ1v) is 20.9. The van der Waals surface area contributed by atoms with Crippen LogP contribution in [0.15, 0.2) is 143 Å². The molecule has 2 aliphatic heterocycles. The Bertz CT molecular complexity index is 3060. The van der Waals surface area contributed by atoms with Crippen LogP contribution in [0.1, 0.15) is 22.8 Å². The average molecular weight is 779 g/mol. The van der Waals surface area contributed by atoms with E-state index in [1.807, 2.05) is 121 Å². The van der Waals surface area contributed by atoms with E-state index in [1.165, 1.54) is 0 Å². The summed E-state index contributed by atoms with van der Waals surface area (Å²) in [6.07, 6.45) is 0.987. The molecule has 0 saturated heterocycles. The van der Waals surface area contributed by atoms with E-state index in [0.717, 1.165) is 39.2 Å². The SMILES string of the molecule is O=S(=O)(O)c1c2nc(c(S(=O)(=O)O)c3[nH]c(c(-c4ccccc4)c4nc(c(-c5ccccc5)c5ccc1[nH]5)CC4)c(-c1ccccc1)c3-c1ccccc1)CC2. The average Bonchev–Trinajstić information content (AvgIpc) is 4.02. The summed E-state index contributed by atoms with van der Waals surface area (Å²) >= 11 is 0. The van der Waals surface area contributed by atoms with Gasteiger partial charge in [0.15, 0.2) is 0 Å². The van der Waals surface area contributed by atoms with Gasteiger partial charge >= 0.3 is 0 Å². The van der Waals surface area contributed by atoms with Crippen molar-refractivity contribution in [2.75, 3.05) is 0 Å². The molecule has 2 aliphatic rings. The van der Waals surface area contributed by atoms with Crippen LogP contribution < -0.4 is 0 Å². The Kier molecular flexibility index (Phi) is 8.78. The molecule has 9 rings (SSSR count). The van der Waals surface area contributed by atoms with E-state index in [9.17, 15) is 25.9 Å². The van der Waals surface area contributed by atoms with Crippen LogP contribution in [0.4, 0.5) is 0 Å². The lowest BCUT2D eigenvalue weighted by Gasteiger charge is -2.10. The fourth-order valence-corrected chi connectivity index (χ4v) is 9.74. The van der Waals surface area contributed by atoms with Crippen LogP contribution in [0, 0.1) is 0 Å². The summed E-state index contributed by atoms with van der Waals surface area (Å²) in [6.45, 7) is 0. The van der Waals surface area contributed by atoms with Crippen molar-refractivity contribution >= 4 is 42.3 Å². The van der Waals surface area contributed by atoms with Gasteiger partial charge in [0.05, 0.1) is 39.3 Å². The molecule has 0 amide bonds. The van der Waals surface area contributed by atoms with Gasteiger partial charge in [-0.1, -0.05) is 121 Å². The van der Waals surface area contributed by atoms with E-state index in [2.05, 4.69) is 15.0 Å². The minimum atomic E-state index is -5.04. The normalized spacial score (nSPS) is 13.2. The third kappa shape index (κ3) is 6.32. The van der Waals surface area contributed by atoms with Gasteiger partial charge in [-0.2, -0.15) is 16.8 Å². The van der Waals surface area contributed by atoms with Crippen LogP contribution in [0.25, 0.3) is 66.6 Å². The molecule has 56 heavy (non-hydrogen) atoms. The van der Waals surface area contributed by atoms with Gasteiger partial charge in [0, 0.05) is 27.8 Å². The number of benzene rings is 4. The van der Waals surface area contributed by atoms with Crippen molar-refractivity contribution in [3.8, 4) is 44.5 Å². The smallest absolute Gasteiger partial charge is 0.298 e. The lowest BCUT2D eigenvalue weighted by molar-refractivity contribution is 0.480. The van der Waals surface area contributed by atoms with Gasteiger partial charge in [0.2, 0.25) is 0 Å². The van der Waals surface area contributed by atoms with Crippen LogP contribution in [0.3, 0.4) is 0 Å². The summed E-state index contributed by atoms with van der Waals surface area (Å²) in [5, 5.41) is 0. The Morgan fingerprint density at radius 3 is 1.27 bits per heavy atom. The number of aryl methyl sites for hydroxylation is 4. The lowest BCUT2D eigenvalue weighted by atomic mass is 9.92. The molecule has 12 heteroatoms. The van der Waals surface area contributed by atoms with Gasteiger partial charge in [0.1, 0.15) is 9.79 Å². The molecule has 5 heterocycles. The minimum absolute atomic E-state index is 0.0289. The number of nitrogens with zero attached hydrogens (tertiary/aromatic N) is 2. The third-order valence-corrected chi connectivity index (χ3v) is 12.2. The Balaban J connectivity index is 1.62. The second kappa shape index (κ2) is 13.8. The van der Waals surface area contributed by atoms with E-state index in [4.69, 9.17) is 4.98 Å². The van der Waals surface area contributed by atoms with Crippen LogP contribution in [0.5, 0.6) is 0 Å². The standard InChI is InChI=1S/C44H34N4O6S2/c49-55(50,51)43-34-24-23-32(46-34)37(27-13-5-1-6-14-27)31-21-22-33(45-31)38(28-15-7-2-8-16-28)41-39(29-17-9-3-10-18-29)40(30-19-11-4-12-20-30)42(48-41)44(56(52,53)54)36-26-25-35(43)47-36/h1-20,23-24,46,48H,21-22,25-26H2,(H,49,50,51)(H,52,53,54). The van der Waals surface area contributed by atoms with E-state index in [0.29, 0.717) is 40.6 Å². The Labute approximate surface area is 323 Å². The molecule has 4 N–H and O–H groups in total. The van der Waals surface area contributed by atoms with Crippen LogP contribution in [0.2, 0.25) is 0 Å². The Morgan fingerprint density at radius 2 is 0.768 bits per heavy atom. The molecular formula is C44H34N4O6S2. The highest BCUT2D eigenvalue weighted by molar-refractivity contribution is 7.86. The Hall–Kier alpha value is -6.18. The molecule has 7 aromatic rings. The van der Waals surface area contributed by atoms with E-state index < -0.39 is 30.0 Å². The fourth-order valence-electron chi connectivity index (χ4n) is 8.04. The molecule has 0 unspecified atom stereocenters. The molecule has 8 bridgehead atoms. The van der Waals surface area contributed by atoms with Crippen molar-refractivity contribution < 1.29 is 25.9 Å². The molecule has 0 saturated carbocycles. The molecule has 3 aromatic heterocycles. The second-order valence-electron chi connectivity index (χ2n) is 13.7. The number of hydrogen-bond donors (Lipinski definition) is 4.